The van der Waals surface area contributed by atoms with Gasteiger partial charge in [0.15, 0.2) is 0 Å². The standard InChI is InChI=1S/C11H11ClF3N/c1-16(2)10-7-9(12)4-3-8(10)5-6-11(13,14)15/h3-7H,1-2H3/b6-5+. The lowest BCUT2D eigenvalue weighted by atomic mass is 10.1. The van der Waals surface area contributed by atoms with Crippen molar-refractivity contribution in [3.8, 4) is 0 Å². The molecule has 0 spiro atoms. The minimum absolute atomic E-state index is 0.212. The van der Waals surface area contributed by atoms with Crippen molar-refractivity contribution in [2.75, 3.05) is 19.0 Å². The van der Waals surface area contributed by atoms with Gasteiger partial charge in [-0.1, -0.05) is 17.7 Å². The van der Waals surface area contributed by atoms with Gasteiger partial charge in [0.05, 0.1) is 0 Å². The number of allylic oxidation sites excluding steroid dienone is 1. The average Bonchev–Trinajstić information content (AvgIpc) is 2.14. The summed E-state index contributed by atoms with van der Waals surface area (Å²) in [5, 5.41) is 0.493. The second-order valence-corrected chi connectivity index (χ2v) is 3.91. The van der Waals surface area contributed by atoms with E-state index in [1.165, 1.54) is 0 Å². The summed E-state index contributed by atoms with van der Waals surface area (Å²) in [6.45, 7) is 0. The molecule has 0 N–H and O–H groups in total. The summed E-state index contributed by atoms with van der Waals surface area (Å²) in [6, 6.07) is 4.74. The van der Waals surface area contributed by atoms with E-state index in [2.05, 4.69) is 0 Å². The molecular formula is C11H11ClF3N. The highest BCUT2D eigenvalue weighted by Crippen LogP contribution is 2.26. The molecule has 0 atom stereocenters. The fourth-order valence-corrected chi connectivity index (χ4v) is 1.40. The van der Waals surface area contributed by atoms with Crippen LogP contribution in [-0.4, -0.2) is 20.3 Å². The first-order chi connectivity index (χ1) is 7.29. The van der Waals surface area contributed by atoms with E-state index in [0.29, 0.717) is 16.3 Å². The Balaban J connectivity index is 3.09. The van der Waals surface area contributed by atoms with E-state index in [0.717, 1.165) is 6.08 Å². The molecule has 0 heterocycles. The van der Waals surface area contributed by atoms with Gasteiger partial charge in [0.1, 0.15) is 0 Å². The number of rotatable bonds is 2. The molecule has 0 aliphatic rings. The smallest absolute Gasteiger partial charge is 0.377 e. The lowest BCUT2D eigenvalue weighted by molar-refractivity contribution is -0.0790. The third kappa shape index (κ3) is 3.77. The van der Waals surface area contributed by atoms with Crippen LogP contribution >= 0.6 is 11.6 Å². The third-order valence-corrected chi connectivity index (χ3v) is 2.16. The molecule has 0 amide bonds. The van der Waals surface area contributed by atoms with E-state index in [1.54, 1.807) is 37.2 Å². The fraction of sp³-hybridized carbons (Fsp3) is 0.273. The zero-order valence-electron chi connectivity index (χ0n) is 8.85. The van der Waals surface area contributed by atoms with Gasteiger partial charge < -0.3 is 4.90 Å². The molecule has 1 aromatic carbocycles. The number of benzene rings is 1. The molecule has 0 saturated heterocycles. The van der Waals surface area contributed by atoms with E-state index < -0.39 is 6.18 Å². The Morgan fingerprint density at radius 2 is 1.88 bits per heavy atom. The zero-order valence-corrected chi connectivity index (χ0v) is 9.60. The molecule has 0 aliphatic carbocycles. The lowest BCUT2D eigenvalue weighted by Crippen LogP contribution is -2.10. The van der Waals surface area contributed by atoms with Gasteiger partial charge in [-0.05, 0) is 23.8 Å². The largest absolute Gasteiger partial charge is 0.409 e. The van der Waals surface area contributed by atoms with Crippen molar-refractivity contribution < 1.29 is 13.2 Å². The minimum Gasteiger partial charge on any atom is -0.377 e. The summed E-state index contributed by atoms with van der Waals surface area (Å²) < 4.78 is 36.1. The predicted octanol–water partition coefficient (Wildman–Crippen LogP) is 3.98. The van der Waals surface area contributed by atoms with Crippen molar-refractivity contribution in [3.05, 3.63) is 34.9 Å². The summed E-state index contributed by atoms with van der Waals surface area (Å²) in [5.74, 6) is 0. The van der Waals surface area contributed by atoms with Crippen LogP contribution in [-0.2, 0) is 0 Å². The number of hydrogen-bond acceptors (Lipinski definition) is 1. The molecule has 0 fully saturated rings. The van der Waals surface area contributed by atoms with Crippen molar-refractivity contribution in [2.24, 2.45) is 0 Å². The van der Waals surface area contributed by atoms with Crippen molar-refractivity contribution in [2.45, 2.75) is 6.18 Å². The Labute approximate surface area is 97.1 Å². The van der Waals surface area contributed by atoms with E-state index >= 15 is 0 Å². The van der Waals surface area contributed by atoms with Crippen molar-refractivity contribution >= 4 is 23.4 Å². The maximum atomic E-state index is 12.0. The molecule has 0 aromatic heterocycles. The highest BCUT2D eigenvalue weighted by Gasteiger charge is 2.22. The maximum Gasteiger partial charge on any atom is 0.409 e. The molecular weight excluding hydrogens is 239 g/mol. The first-order valence-corrected chi connectivity index (χ1v) is 4.90. The monoisotopic (exact) mass is 249 g/mol. The molecule has 1 aromatic rings. The number of nitrogens with zero attached hydrogens (tertiary/aromatic N) is 1. The molecule has 5 heteroatoms. The highest BCUT2D eigenvalue weighted by atomic mass is 35.5. The Hall–Kier alpha value is -1.16. The van der Waals surface area contributed by atoms with E-state index in [4.69, 9.17) is 11.6 Å². The maximum absolute atomic E-state index is 12.0. The zero-order chi connectivity index (χ0) is 12.3. The molecule has 1 nitrogen and oxygen atoms in total. The topological polar surface area (TPSA) is 3.24 Å². The van der Waals surface area contributed by atoms with Crippen LogP contribution in [0.25, 0.3) is 6.08 Å². The van der Waals surface area contributed by atoms with Crippen LogP contribution in [0, 0.1) is 0 Å². The van der Waals surface area contributed by atoms with Gasteiger partial charge in [0.25, 0.3) is 0 Å². The Bertz CT molecular complexity index is 397. The molecule has 0 bridgehead atoms. The van der Waals surface area contributed by atoms with Gasteiger partial charge >= 0.3 is 6.18 Å². The fourth-order valence-electron chi connectivity index (χ4n) is 1.23. The van der Waals surface area contributed by atoms with Gasteiger partial charge in [0, 0.05) is 30.9 Å². The van der Waals surface area contributed by atoms with Crippen LogP contribution < -0.4 is 4.90 Å². The van der Waals surface area contributed by atoms with Crippen LogP contribution in [0.15, 0.2) is 24.3 Å². The Kier molecular flexibility index (Phi) is 3.86. The normalized spacial score (nSPS) is 12.1. The van der Waals surface area contributed by atoms with Crippen LogP contribution in [0.1, 0.15) is 5.56 Å². The molecule has 0 aliphatic heterocycles. The predicted molar refractivity (Wildman–Crippen MR) is 60.9 cm³/mol. The van der Waals surface area contributed by atoms with Crippen molar-refractivity contribution in [3.63, 3.8) is 0 Å². The van der Waals surface area contributed by atoms with Crippen molar-refractivity contribution in [1.29, 1.82) is 0 Å². The molecule has 0 unspecified atom stereocenters. The second-order valence-electron chi connectivity index (χ2n) is 3.47. The number of alkyl halides is 3. The van der Waals surface area contributed by atoms with Gasteiger partial charge in [-0.25, -0.2) is 0 Å². The molecule has 16 heavy (non-hydrogen) atoms. The Morgan fingerprint density at radius 3 is 2.38 bits per heavy atom. The van der Waals surface area contributed by atoms with E-state index in [9.17, 15) is 13.2 Å². The van der Waals surface area contributed by atoms with E-state index in [1.807, 2.05) is 0 Å². The number of anilines is 1. The van der Waals surface area contributed by atoms with Crippen LogP contribution in [0.2, 0.25) is 5.02 Å². The first kappa shape index (κ1) is 12.9. The molecule has 88 valence electrons. The molecule has 0 saturated carbocycles. The van der Waals surface area contributed by atoms with Crippen LogP contribution in [0.5, 0.6) is 0 Å². The van der Waals surface area contributed by atoms with Crippen molar-refractivity contribution in [1.82, 2.24) is 0 Å². The first-order valence-electron chi connectivity index (χ1n) is 4.52. The van der Waals surface area contributed by atoms with E-state index in [-0.39, 0.29) is 6.08 Å². The summed E-state index contributed by atoms with van der Waals surface area (Å²) in [7, 11) is 3.49. The van der Waals surface area contributed by atoms with Gasteiger partial charge in [-0.3, -0.25) is 0 Å². The highest BCUT2D eigenvalue weighted by molar-refractivity contribution is 6.30. The second kappa shape index (κ2) is 4.78. The molecule has 0 radical (unpaired) electrons. The van der Waals surface area contributed by atoms with Crippen LogP contribution in [0.4, 0.5) is 18.9 Å². The van der Waals surface area contributed by atoms with Gasteiger partial charge in [-0.15, -0.1) is 0 Å². The summed E-state index contributed by atoms with van der Waals surface area (Å²) in [4.78, 5) is 1.71. The van der Waals surface area contributed by atoms with Gasteiger partial charge in [0.2, 0.25) is 0 Å². The number of halogens is 4. The Morgan fingerprint density at radius 1 is 1.25 bits per heavy atom. The summed E-state index contributed by atoms with van der Waals surface area (Å²) in [5.41, 5.74) is 1.12. The SMILES string of the molecule is CN(C)c1cc(Cl)ccc1/C=C/C(F)(F)F. The average molecular weight is 250 g/mol. The quantitative estimate of drug-likeness (QED) is 0.766. The minimum atomic E-state index is -4.30. The molecule has 1 rings (SSSR count). The number of hydrogen-bond donors (Lipinski definition) is 0. The van der Waals surface area contributed by atoms with Crippen LogP contribution in [0.3, 0.4) is 0 Å². The summed E-state index contributed by atoms with van der Waals surface area (Å²) in [6.07, 6.45) is -3.06. The lowest BCUT2D eigenvalue weighted by Gasteiger charge is -2.16. The summed E-state index contributed by atoms with van der Waals surface area (Å²) >= 11 is 5.78. The third-order valence-electron chi connectivity index (χ3n) is 1.93. The van der Waals surface area contributed by atoms with Gasteiger partial charge in [-0.2, -0.15) is 13.2 Å².